The third-order valence-corrected chi connectivity index (χ3v) is 3.41. The molecule has 0 saturated carbocycles. The summed E-state index contributed by atoms with van der Waals surface area (Å²) in [5.41, 5.74) is 0.988. The van der Waals surface area contributed by atoms with Gasteiger partial charge in [0.15, 0.2) is 0 Å². The zero-order valence-corrected chi connectivity index (χ0v) is 11.2. The number of rotatable bonds is 5. The van der Waals surface area contributed by atoms with Crippen molar-refractivity contribution in [1.82, 2.24) is 15.6 Å². The monoisotopic (exact) mass is 273 g/mol. The van der Waals surface area contributed by atoms with E-state index in [2.05, 4.69) is 28.8 Å². The van der Waals surface area contributed by atoms with Gasteiger partial charge in [0.25, 0.3) is 0 Å². The minimum atomic E-state index is -0.245. The smallest absolute Gasteiger partial charge is 0.248 e. The van der Waals surface area contributed by atoms with Crippen molar-refractivity contribution in [3.8, 4) is 0 Å². The van der Waals surface area contributed by atoms with Gasteiger partial charge in [0.05, 0.1) is 5.82 Å². The molecule has 1 aliphatic heterocycles. The zero-order chi connectivity index (χ0) is 13.7. The van der Waals surface area contributed by atoms with Crippen LogP contribution in [-0.2, 0) is 4.79 Å². The van der Waals surface area contributed by atoms with Gasteiger partial charge >= 0.3 is 0 Å². The number of carbonyl (C=O) groups excluding carboxylic acids is 1. The average molecular weight is 273 g/mol. The van der Waals surface area contributed by atoms with Crippen LogP contribution in [0.4, 0.5) is 0 Å². The molecule has 0 aromatic carbocycles. The molecule has 1 aliphatic rings. The number of thiazole rings is 1. The molecule has 5 heteroatoms. The second kappa shape index (κ2) is 6.15. The lowest BCUT2D eigenvalue weighted by Gasteiger charge is -2.03. The maximum atomic E-state index is 11.5. The largest absolute Gasteiger partial charge is 0.360 e. The van der Waals surface area contributed by atoms with Crippen molar-refractivity contribution in [2.75, 3.05) is 0 Å². The maximum Gasteiger partial charge on any atom is 0.248 e. The summed E-state index contributed by atoms with van der Waals surface area (Å²) in [6.45, 7) is 7.36. The topological polar surface area (TPSA) is 54.0 Å². The Morgan fingerprint density at radius 2 is 2.42 bits per heavy atom. The normalized spacial score (nSPS) is 19.6. The van der Waals surface area contributed by atoms with E-state index in [0.29, 0.717) is 12.2 Å². The molecule has 1 aromatic rings. The lowest BCUT2D eigenvalue weighted by Crippen LogP contribution is -2.27. The maximum absolute atomic E-state index is 11.5. The summed E-state index contributed by atoms with van der Waals surface area (Å²) in [6.07, 6.45) is 9.90. The van der Waals surface area contributed by atoms with E-state index < -0.39 is 0 Å². The van der Waals surface area contributed by atoms with Crippen LogP contribution in [0.25, 0.3) is 5.57 Å². The highest BCUT2D eigenvalue weighted by molar-refractivity contribution is 7.10. The van der Waals surface area contributed by atoms with Crippen molar-refractivity contribution in [1.29, 1.82) is 0 Å². The Kier molecular flexibility index (Phi) is 4.30. The van der Waals surface area contributed by atoms with E-state index >= 15 is 0 Å². The van der Waals surface area contributed by atoms with Gasteiger partial charge < -0.3 is 10.6 Å². The second-order valence-corrected chi connectivity index (χ2v) is 4.89. The van der Waals surface area contributed by atoms with E-state index in [-0.39, 0.29) is 11.9 Å². The summed E-state index contributed by atoms with van der Waals surface area (Å²) in [5.74, 6) is 0.517. The third-order valence-electron chi connectivity index (χ3n) is 2.58. The van der Waals surface area contributed by atoms with Crippen LogP contribution in [0.2, 0.25) is 0 Å². The van der Waals surface area contributed by atoms with Crippen LogP contribution in [-0.4, -0.2) is 16.9 Å². The van der Waals surface area contributed by atoms with Crippen molar-refractivity contribution in [3.63, 3.8) is 0 Å². The van der Waals surface area contributed by atoms with Crippen LogP contribution in [0, 0.1) is 0 Å². The molecule has 0 spiro atoms. The number of carbonyl (C=O) groups is 1. The Morgan fingerprint density at radius 3 is 3.00 bits per heavy atom. The standard InChI is InChI=1S/C14H15N3OS/c1-3-5-11(14-15-8-9-19-14)6-4-7-12-13(18)17-10(2)16-12/h3-6,8-9,12,16H,1-2,7H2,(H,17,18)/b6-4-,11-5+. The highest BCUT2D eigenvalue weighted by Crippen LogP contribution is 2.19. The summed E-state index contributed by atoms with van der Waals surface area (Å²) in [6, 6.07) is -0.245. The van der Waals surface area contributed by atoms with Gasteiger partial charge in [-0.15, -0.1) is 11.3 Å². The van der Waals surface area contributed by atoms with Gasteiger partial charge in [-0.2, -0.15) is 0 Å². The van der Waals surface area contributed by atoms with E-state index in [1.807, 2.05) is 23.6 Å². The van der Waals surface area contributed by atoms with E-state index in [1.165, 1.54) is 0 Å². The average Bonchev–Trinajstić information content (AvgIpc) is 2.99. The first-order valence-corrected chi connectivity index (χ1v) is 6.74. The first-order chi connectivity index (χ1) is 9.20. The van der Waals surface area contributed by atoms with Gasteiger partial charge in [0, 0.05) is 17.2 Å². The fraction of sp³-hybridized carbons (Fsp3) is 0.143. The molecule has 1 saturated heterocycles. The first kappa shape index (κ1) is 13.3. The number of nitrogens with one attached hydrogen (secondary N) is 2. The quantitative estimate of drug-likeness (QED) is 0.809. The van der Waals surface area contributed by atoms with Gasteiger partial charge in [0.1, 0.15) is 11.0 Å². The van der Waals surface area contributed by atoms with Crippen LogP contribution in [0.5, 0.6) is 0 Å². The van der Waals surface area contributed by atoms with Crippen molar-refractivity contribution in [3.05, 3.63) is 59.9 Å². The molecule has 1 atom stereocenters. The second-order valence-electron chi connectivity index (χ2n) is 4.00. The van der Waals surface area contributed by atoms with Gasteiger partial charge in [-0.1, -0.05) is 37.5 Å². The minimum absolute atomic E-state index is 0.0434. The molecule has 1 aromatic heterocycles. The molecule has 1 amide bonds. The first-order valence-electron chi connectivity index (χ1n) is 5.86. The van der Waals surface area contributed by atoms with E-state index in [9.17, 15) is 4.79 Å². The van der Waals surface area contributed by atoms with Gasteiger partial charge in [-0.25, -0.2) is 4.98 Å². The number of allylic oxidation sites excluding steroid dienone is 4. The van der Waals surface area contributed by atoms with E-state index in [0.717, 1.165) is 10.6 Å². The molecular weight excluding hydrogens is 258 g/mol. The Morgan fingerprint density at radius 1 is 1.58 bits per heavy atom. The molecule has 2 heterocycles. The summed E-state index contributed by atoms with van der Waals surface area (Å²) in [5, 5.41) is 8.48. The highest BCUT2D eigenvalue weighted by Gasteiger charge is 2.24. The SMILES string of the molecule is C=C/C=C(\C=C/CC1NC(=C)NC1=O)c1nccs1. The Hall–Kier alpha value is -2.14. The molecular formula is C14H15N3OS. The lowest BCUT2D eigenvalue weighted by molar-refractivity contribution is -0.120. The van der Waals surface area contributed by atoms with Crippen LogP contribution >= 0.6 is 11.3 Å². The van der Waals surface area contributed by atoms with E-state index in [1.54, 1.807) is 23.6 Å². The number of amides is 1. The number of aromatic nitrogens is 1. The van der Waals surface area contributed by atoms with Crippen molar-refractivity contribution in [2.45, 2.75) is 12.5 Å². The predicted octanol–water partition coefficient (Wildman–Crippen LogP) is 2.22. The molecule has 98 valence electrons. The molecule has 2 N–H and O–H groups in total. The minimum Gasteiger partial charge on any atom is -0.360 e. The molecule has 19 heavy (non-hydrogen) atoms. The summed E-state index contributed by atoms with van der Waals surface area (Å²) in [7, 11) is 0. The van der Waals surface area contributed by atoms with Crippen LogP contribution in [0.3, 0.4) is 0 Å². The van der Waals surface area contributed by atoms with Crippen LogP contribution < -0.4 is 10.6 Å². The number of nitrogens with zero attached hydrogens (tertiary/aromatic N) is 1. The highest BCUT2D eigenvalue weighted by atomic mass is 32.1. The molecule has 2 rings (SSSR count). The Balaban J connectivity index is 2.01. The molecule has 0 aliphatic carbocycles. The predicted molar refractivity (Wildman–Crippen MR) is 78.3 cm³/mol. The summed E-state index contributed by atoms with van der Waals surface area (Å²) in [4.78, 5) is 15.8. The molecule has 4 nitrogen and oxygen atoms in total. The fourth-order valence-corrected chi connectivity index (χ4v) is 2.38. The van der Waals surface area contributed by atoms with Crippen molar-refractivity contribution in [2.24, 2.45) is 0 Å². The Bertz CT molecular complexity index is 543. The van der Waals surface area contributed by atoms with E-state index in [4.69, 9.17) is 0 Å². The number of hydrogen-bond donors (Lipinski definition) is 2. The molecule has 1 unspecified atom stereocenters. The Labute approximate surface area is 116 Å². The zero-order valence-electron chi connectivity index (χ0n) is 10.4. The lowest BCUT2D eigenvalue weighted by atomic mass is 10.1. The van der Waals surface area contributed by atoms with Gasteiger partial charge in [0.2, 0.25) is 5.91 Å². The molecule has 1 fully saturated rings. The summed E-state index contributed by atoms with van der Waals surface area (Å²) >= 11 is 1.57. The van der Waals surface area contributed by atoms with Gasteiger partial charge in [-0.3, -0.25) is 4.79 Å². The molecule has 0 bridgehead atoms. The third kappa shape index (κ3) is 3.42. The van der Waals surface area contributed by atoms with Gasteiger partial charge in [-0.05, 0) is 6.42 Å². The molecule has 0 radical (unpaired) electrons. The summed E-state index contributed by atoms with van der Waals surface area (Å²) < 4.78 is 0. The van der Waals surface area contributed by atoms with Crippen molar-refractivity contribution < 1.29 is 4.79 Å². The van der Waals surface area contributed by atoms with Crippen molar-refractivity contribution >= 4 is 22.8 Å². The fourth-order valence-electron chi connectivity index (χ4n) is 1.74. The number of hydrogen-bond acceptors (Lipinski definition) is 4. The van der Waals surface area contributed by atoms with Crippen LogP contribution in [0.15, 0.2) is 54.9 Å². The van der Waals surface area contributed by atoms with Crippen LogP contribution in [0.1, 0.15) is 11.4 Å².